The van der Waals surface area contributed by atoms with Crippen molar-refractivity contribution in [3.63, 3.8) is 0 Å². The Morgan fingerprint density at radius 1 is 1.14 bits per heavy atom. The lowest BCUT2D eigenvalue weighted by Gasteiger charge is -2.18. The molecule has 0 atom stereocenters. The van der Waals surface area contributed by atoms with Crippen LogP contribution in [-0.4, -0.2) is 19.4 Å². The van der Waals surface area contributed by atoms with Crippen LogP contribution in [0.3, 0.4) is 0 Å². The van der Waals surface area contributed by atoms with Gasteiger partial charge < -0.3 is 14.8 Å². The number of anilines is 1. The first-order chi connectivity index (χ1) is 10.8. The van der Waals surface area contributed by atoms with Crippen LogP contribution in [0.1, 0.15) is 11.1 Å². The number of carbonyl (C=O) groups is 1. The smallest absolute Gasteiger partial charge is 0.322 e. The van der Waals surface area contributed by atoms with E-state index in [1.54, 1.807) is 4.90 Å². The van der Waals surface area contributed by atoms with Crippen LogP contribution in [0, 0.1) is 0 Å². The highest BCUT2D eigenvalue weighted by Gasteiger charge is 2.23. The van der Waals surface area contributed by atoms with Crippen molar-refractivity contribution in [2.45, 2.75) is 13.0 Å². The van der Waals surface area contributed by atoms with Gasteiger partial charge in [0, 0.05) is 18.8 Å². The zero-order chi connectivity index (χ0) is 14.9. The molecular formula is C17H16N2O3. The van der Waals surface area contributed by atoms with Gasteiger partial charge in [0.05, 0.1) is 0 Å². The van der Waals surface area contributed by atoms with Crippen molar-refractivity contribution in [2.75, 3.05) is 18.2 Å². The van der Waals surface area contributed by atoms with Crippen molar-refractivity contribution in [3.05, 3.63) is 53.6 Å². The molecule has 4 rings (SSSR count). The van der Waals surface area contributed by atoms with Crippen LogP contribution in [0.15, 0.2) is 42.5 Å². The molecule has 0 aliphatic carbocycles. The minimum Gasteiger partial charge on any atom is -0.454 e. The zero-order valence-electron chi connectivity index (χ0n) is 12.0. The SMILES string of the molecule is O=C(NCc1ccc2c(c1)OCO2)N1CCc2ccccc21. The highest BCUT2D eigenvalue weighted by Crippen LogP contribution is 2.32. The molecule has 5 nitrogen and oxygen atoms in total. The van der Waals surface area contributed by atoms with E-state index in [9.17, 15) is 4.79 Å². The summed E-state index contributed by atoms with van der Waals surface area (Å²) in [6.07, 6.45) is 0.910. The van der Waals surface area contributed by atoms with Gasteiger partial charge in [-0.25, -0.2) is 4.79 Å². The molecule has 0 aromatic heterocycles. The Bertz CT molecular complexity index is 730. The lowest BCUT2D eigenvalue weighted by Crippen LogP contribution is -2.38. The number of carbonyl (C=O) groups excluding carboxylic acids is 1. The zero-order valence-corrected chi connectivity index (χ0v) is 12.0. The second-order valence-electron chi connectivity index (χ2n) is 5.38. The number of nitrogens with one attached hydrogen (secondary N) is 1. The molecule has 0 unspecified atom stereocenters. The van der Waals surface area contributed by atoms with Crippen LogP contribution in [0.2, 0.25) is 0 Å². The van der Waals surface area contributed by atoms with E-state index in [1.165, 1.54) is 5.56 Å². The number of amides is 2. The third-order valence-corrected chi connectivity index (χ3v) is 4.01. The lowest BCUT2D eigenvalue weighted by atomic mass is 10.2. The Labute approximate surface area is 128 Å². The van der Waals surface area contributed by atoms with E-state index >= 15 is 0 Å². The largest absolute Gasteiger partial charge is 0.454 e. The van der Waals surface area contributed by atoms with Crippen molar-refractivity contribution in [2.24, 2.45) is 0 Å². The van der Waals surface area contributed by atoms with Crippen molar-refractivity contribution in [3.8, 4) is 11.5 Å². The number of ether oxygens (including phenoxy) is 2. The van der Waals surface area contributed by atoms with Crippen molar-refractivity contribution >= 4 is 11.7 Å². The maximum absolute atomic E-state index is 12.4. The lowest BCUT2D eigenvalue weighted by molar-refractivity contribution is 0.174. The minimum absolute atomic E-state index is 0.0670. The Hall–Kier alpha value is -2.69. The molecule has 2 aromatic carbocycles. The van der Waals surface area contributed by atoms with Gasteiger partial charge >= 0.3 is 6.03 Å². The van der Waals surface area contributed by atoms with Crippen LogP contribution in [-0.2, 0) is 13.0 Å². The molecule has 5 heteroatoms. The number of benzene rings is 2. The van der Waals surface area contributed by atoms with Crippen LogP contribution in [0.5, 0.6) is 11.5 Å². The predicted molar refractivity (Wildman–Crippen MR) is 82.3 cm³/mol. The average molecular weight is 296 g/mol. The number of fused-ring (bicyclic) bond motifs is 2. The van der Waals surface area contributed by atoms with Gasteiger partial charge in [-0.15, -0.1) is 0 Å². The standard InChI is InChI=1S/C17H16N2O3/c20-17(19-8-7-13-3-1-2-4-14(13)19)18-10-12-5-6-15-16(9-12)22-11-21-15/h1-6,9H,7-8,10-11H2,(H,18,20). The first-order valence-electron chi connectivity index (χ1n) is 7.33. The summed E-state index contributed by atoms with van der Waals surface area (Å²) in [6.45, 7) is 1.45. The third kappa shape index (κ3) is 2.24. The molecule has 2 heterocycles. The summed E-state index contributed by atoms with van der Waals surface area (Å²) < 4.78 is 10.6. The molecule has 0 radical (unpaired) electrons. The normalized spacial score (nSPS) is 14.8. The van der Waals surface area contributed by atoms with Gasteiger partial charge in [-0.05, 0) is 35.7 Å². The molecule has 0 fully saturated rings. The number of hydrogen-bond acceptors (Lipinski definition) is 3. The monoisotopic (exact) mass is 296 g/mol. The van der Waals surface area contributed by atoms with Crippen LogP contribution >= 0.6 is 0 Å². The quantitative estimate of drug-likeness (QED) is 0.927. The number of urea groups is 1. The van der Waals surface area contributed by atoms with Gasteiger partial charge in [0.15, 0.2) is 11.5 Å². The maximum Gasteiger partial charge on any atom is 0.322 e. The van der Waals surface area contributed by atoms with Gasteiger partial charge in [0.25, 0.3) is 0 Å². The molecule has 2 aliphatic rings. The van der Waals surface area contributed by atoms with E-state index in [-0.39, 0.29) is 12.8 Å². The summed E-state index contributed by atoms with van der Waals surface area (Å²) in [5.41, 5.74) is 3.22. The van der Waals surface area contributed by atoms with Gasteiger partial charge in [0.2, 0.25) is 6.79 Å². The Morgan fingerprint density at radius 2 is 2.00 bits per heavy atom. The average Bonchev–Trinajstić information content (AvgIpc) is 3.18. The van der Waals surface area contributed by atoms with E-state index in [1.807, 2.05) is 36.4 Å². The molecule has 0 spiro atoms. The van der Waals surface area contributed by atoms with E-state index in [0.717, 1.165) is 35.7 Å². The second kappa shape index (κ2) is 5.26. The van der Waals surface area contributed by atoms with Gasteiger partial charge in [-0.2, -0.15) is 0 Å². The molecule has 1 N–H and O–H groups in total. The Kier molecular flexibility index (Phi) is 3.11. The summed E-state index contributed by atoms with van der Waals surface area (Å²) in [7, 11) is 0. The first kappa shape index (κ1) is 13.0. The van der Waals surface area contributed by atoms with Gasteiger partial charge in [-0.3, -0.25) is 4.90 Å². The van der Waals surface area contributed by atoms with Crippen molar-refractivity contribution in [1.29, 1.82) is 0 Å². The number of para-hydroxylation sites is 1. The summed E-state index contributed by atoms with van der Waals surface area (Å²) in [6, 6.07) is 13.7. The highest BCUT2D eigenvalue weighted by molar-refractivity contribution is 5.94. The topological polar surface area (TPSA) is 50.8 Å². The number of hydrogen-bond donors (Lipinski definition) is 1. The minimum atomic E-state index is -0.0670. The van der Waals surface area contributed by atoms with Crippen molar-refractivity contribution in [1.82, 2.24) is 5.32 Å². The van der Waals surface area contributed by atoms with E-state index in [0.29, 0.717) is 6.54 Å². The third-order valence-electron chi connectivity index (χ3n) is 4.01. The van der Waals surface area contributed by atoms with Crippen LogP contribution in [0.4, 0.5) is 10.5 Å². The summed E-state index contributed by atoms with van der Waals surface area (Å²) in [5.74, 6) is 1.49. The Morgan fingerprint density at radius 3 is 2.95 bits per heavy atom. The molecule has 2 amide bonds. The second-order valence-corrected chi connectivity index (χ2v) is 5.38. The summed E-state index contributed by atoms with van der Waals surface area (Å²) in [5, 5.41) is 2.96. The number of rotatable bonds is 2. The molecule has 2 aromatic rings. The van der Waals surface area contributed by atoms with E-state index in [4.69, 9.17) is 9.47 Å². The fourth-order valence-corrected chi connectivity index (χ4v) is 2.87. The van der Waals surface area contributed by atoms with Crippen LogP contribution in [0.25, 0.3) is 0 Å². The molecule has 0 saturated carbocycles. The molecule has 112 valence electrons. The van der Waals surface area contributed by atoms with Crippen molar-refractivity contribution < 1.29 is 14.3 Å². The van der Waals surface area contributed by atoms with Crippen LogP contribution < -0.4 is 19.7 Å². The maximum atomic E-state index is 12.4. The van der Waals surface area contributed by atoms with E-state index in [2.05, 4.69) is 11.4 Å². The highest BCUT2D eigenvalue weighted by atomic mass is 16.7. The molecule has 0 saturated heterocycles. The first-order valence-corrected chi connectivity index (χ1v) is 7.33. The molecule has 0 bridgehead atoms. The molecular weight excluding hydrogens is 280 g/mol. The fourth-order valence-electron chi connectivity index (χ4n) is 2.87. The summed E-state index contributed by atoms with van der Waals surface area (Å²) >= 11 is 0. The van der Waals surface area contributed by atoms with Gasteiger partial charge in [0.1, 0.15) is 0 Å². The van der Waals surface area contributed by atoms with Gasteiger partial charge in [-0.1, -0.05) is 24.3 Å². The fraction of sp³-hybridized carbons (Fsp3) is 0.235. The summed E-state index contributed by atoms with van der Waals surface area (Å²) in [4.78, 5) is 14.2. The van der Waals surface area contributed by atoms with E-state index < -0.39 is 0 Å². The molecule has 22 heavy (non-hydrogen) atoms. The Balaban J connectivity index is 1.43. The number of nitrogens with zero attached hydrogens (tertiary/aromatic N) is 1. The predicted octanol–water partition coefficient (Wildman–Crippen LogP) is 2.69. The molecule has 2 aliphatic heterocycles.